The minimum absolute atomic E-state index is 0.154. The molecule has 0 fully saturated rings. The molecule has 5 heteroatoms. The van der Waals surface area contributed by atoms with Gasteiger partial charge in [-0.05, 0) is 48.7 Å². The second-order valence-corrected chi connectivity index (χ2v) is 6.59. The Bertz CT molecular complexity index is 1020. The summed E-state index contributed by atoms with van der Waals surface area (Å²) in [6.45, 7) is 4.19. The Balaban J connectivity index is 1.77. The fourth-order valence-corrected chi connectivity index (χ4v) is 3.67. The van der Waals surface area contributed by atoms with Gasteiger partial charge in [0, 0.05) is 23.1 Å². The van der Waals surface area contributed by atoms with Crippen molar-refractivity contribution >= 4 is 28.5 Å². The first-order valence-electron chi connectivity index (χ1n) is 8.19. The highest BCUT2D eigenvalue weighted by Crippen LogP contribution is 2.37. The van der Waals surface area contributed by atoms with Crippen molar-refractivity contribution < 1.29 is 14.7 Å². The van der Waals surface area contributed by atoms with Gasteiger partial charge in [-0.3, -0.25) is 9.59 Å². The summed E-state index contributed by atoms with van der Waals surface area (Å²) in [7, 11) is 0. The average Bonchev–Trinajstić information content (AvgIpc) is 3.16. The van der Waals surface area contributed by atoms with Crippen molar-refractivity contribution in [1.82, 2.24) is 4.98 Å². The maximum absolute atomic E-state index is 13.0. The number of aromatic amines is 1. The summed E-state index contributed by atoms with van der Waals surface area (Å²) in [4.78, 5) is 29.3. The van der Waals surface area contributed by atoms with Crippen LogP contribution in [0, 0.1) is 13.8 Å². The van der Waals surface area contributed by atoms with Crippen molar-refractivity contribution in [3.63, 3.8) is 0 Å². The molecule has 1 unspecified atom stereocenters. The zero-order valence-corrected chi connectivity index (χ0v) is 14.0. The molecule has 3 aromatic rings. The van der Waals surface area contributed by atoms with E-state index in [9.17, 15) is 14.7 Å². The van der Waals surface area contributed by atoms with Gasteiger partial charge in [0.2, 0.25) is 0 Å². The third-order valence-corrected chi connectivity index (χ3v) is 4.83. The second-order valence-electron chi connectivity index (χ2n) is 6.59. The van der Waals surface area contributed by atoms with Gasteiger partial charge in [0.1, 0.15) is 11.6 Å². The number of carboxylic acid groups (broad SMARTS) is 1. The molecule has 25 heavy (non-hydrogen) atoms. The number of carbonyl (C=O) groups is 2. The predicted molar refractivity (Wildman–Crippen MR) is 96.3 cm³/mol. The number of benzene rings is 2. The molecule has 1 aliphatic heterocycles. The number of H-pyrrole nitrogens is 1. The van der Waals surface area contributed by atoms with Gasteiger partial charge in [0.15, 0.2) is 0 Å². The molecule has 0 aliphatic carbocycles. The lowest BCUT2D eigenvalue weighted by Crippen LogP contribution is -2.31. The molecule has 2 aromatic carbocycles. The third-order valence-electron chi connectivity index (χ3n) is 4.83. The van der Waals surface area contributed by atoms with Crippen LogP contribution in [0.1, 0.15) is 33.1 Å². The molecule has 0 spiro atoms. The molecule has 0 saturated carbocycles. The molecule has 1 amide bonds. The SMILES string of the molecule is Cc1cc(C)c2cc(C(=O)N3CC(C(=O)O)c4ccccc43)[nH]c2c1. The number of anilines is 1. The number of carbonyl (C=O) groups excluding carboxylic acids is 1. The fraction of sp³-hybridized carbons (Fsp3) is 0.200. The highest BCUT2D eigenvalue weighted by Gasteiger charge is 2.37. The van der Waals surface area contributed by atoms with E-state index in [2.05, 4.69) is 11.1 Å². The van der Waals surface area contributed by atoms with Gasteiger partial charge >= 0.3 is 5.97 Å². The molecule has 0 bridgehead atoms. The Hall–Kier alpha value is -3.08. The minimum atomic E-state index is -0.911. The quantitative estimate of drug-likeness (QED) is 0.752. The fourth-order valence-electron chi connectivity index (χ4n) is 3.67. The third kappa shape index (κ3) is 2.39. The molecular formula is C20H18N2O3. The van der Waals surface area contributed by atoms with E-state index >= 15 is 0 Å². The van der Waals surface area contributed by atoms with Gasteiger partial charge in [-0.15, -0.1) is 0 Å². The summed E-state index contributed by atoms with van der Waals surface area (Å²) < 4.78 is 0. The van der Waals surface area contributed by atoms with Crippen LogP contribution in [0.25, 0.3) is 10.9 Å². The maximum atomic E-state index is 13.0. The van der Waals surface area contributed by atoms with Crippen molar-refractivity contribution in [3.05, 3.63) is 64.8 Å². The number of nitrogens with one attached hydrogen (secondary N) is 1. The van der Waals surface area contributed by atoms with E-state index in [-0.39, 0.29) is 12.5 Å². The normalized spacial score (nSPS) is 16.2. The minimum Gasteiger partial charge on any atom is -0.481 e. The number of hydrogen-bond donors (Lipinski definition) is 2. The molecule has 1 atom stereocenters. The number of rotatable bonds is 2. The van der Waals surface area contributed by atoms with Gasteiger partial charge in [-0.1, -0.05) is 24.3 Å². The predicted octanol–water partition coefficient (Wildman–Crippen LogP) is 3.61. The molecule has 1 aliphatic rings. The number of para-hydroxylation sites is 1. The van der Waals surface area contributed by atoms with E-state index in [1.165, 1.54) is 0 Å². The number of nitrogens with zero attached hydrogens (tertiary/aromatic N) is 1. The van der Waals surface area contributed by atoms with Crippen LogP contribution in [0.15, 0.2) is 42.5 Å². The molecule has 126 valence electrons. The number of carboxylic acids is 1. The summed E-state index contributed by atoms with van der Waals surface area (Å²) in [5.41, 5.74) is 4.99. The van der Waals surface area contributed by atoms with Crippen molar-refractivity contribution in [1.29, 1.82) is 0 Å². The van der Waals surface area contributed by atoms with Crippen LogP contribution < -0.4 is 4.90 Å². The smallest absolute Gasteiger partial charge is 0.312 e. The van der Waals surface area contributed by atoms with Gasteiger partial charge in [-0.2, -0.15) is 0 Å². The number of fused-ring (bicyclic) bond motifs is 2. The first-order valence-corrected chi connectivity index (χ1v) is 8.19. The van der Waals surface area contributed by atoms with Crippen LogP contribution in [0.5, 0.6) is 0 Å². The number of amides is 1. The highest BCUT2D eigenvalue weighted by molar-refractivity contribution is 6.10. The topological polar surface area (TPSA) is 73.4 Å². The Morgan fingerprint density at radius 3 is 2.68 bits per heavy atom. The Morgan fingerprint density at radius 1 is 1.16 bits per heavy atom. The molecule has 5 nitrogen and oxygen atoms in total. The van der Waals surface area contributed by atoms with Gasteiger partial charge in [0.05, 0.1) is 0 Å². The number of hydrogen-bond acceptors (Lipinski definition) is 2. The van der Waals surface area contributed by atoms with Crippen molar-refractivity contribution in [2.75, 3.05) is 11.4 Å². The average molecular weight is 334 g/mol. The Morgan fingerprint density at radius 2 is 1.92 bits per heavy atom. The Labute approximate surface area is 144 Å². The number of aromatic nitrogens is 1. The zero-order valence-electron chi connectivity index (χ0n) is 14.0. The first-order chi connectivity index (χ1) is 12.0. The summed E-state index contributed by atoms with van der Waals surface area (Å²) in [5.74, 6) is -1.80. The molecule has 0 radical (unpaired) electrons. The van der Waals surface area contributed by atoms with Crippen molar-refractivity contribution in [2.24, 2.45) is 0 Å². The van der Waals surface area contributed by atoms with E-state index in [1.54, 1.807) is 23.1 Å². The lowest BCUT2D eigenvalue weighted by atomic mass is 10.0. The molecule has 1 aromatic heterocycles. The van der Waals surface area contributed by atoms with E-state index in [0.29, 0.717) is 16.9 Å². The Kier molecular flexibility index (Phi) is 3.39. The standard InChI is InChI=1S/C20H18N2O3/c1-11-7-12(2)14-9-17(21-16(14)8-11)19(23)22-10-15(20(24)25)13-5-3-4-6-18(13)22/h3-9,15,21H,10H2,1-2H3,(H,24,25). The van der Waals surface area contributed by atoms with Crippen molar-refractivity contribution in [2.45, 2.75) is 19.8 Å². The van der Waals surface area contributed by atoms with Crippen LogP contribution in [0.3, 0.4) is 0 Å². The molecule has 2 N–H and O–H groups in total. The highest BCUT2D eigenvalue weighted by atomic mass is 16.4. The maximum Gasteiger partial charge on any atom is 0.312 e. The summed E-state index contributed by atoms with van der Waals surface area (Å²) in [6, 6.07) is 13.1. The van der Waals surface area contributed by atoms with Gasteiger partial charge < -0.3 is 15.0 Å². The lowest BCUT2D eigenvalue weighted by molar-refractivity contribution is -0.138. The first kappa shape index (κ1) is 15.4. The van der Waals surface area contributed by atoms with Crippen LogP contribution >= 0.6 is 0 Å². The van der Waals surface area contributed by atoms with E-state index in [1.807, 2.05) is 32.0 Å². The van der Waals surface area contributed by atoms with E-state index in [0.717, 1.165) is 22.0 Å². The van der Waals surface area contributed by atoms with Crippen LogP contribution in [0.2, 0.25) is 0 Å². The van der Waals surface area contributed by atoms with Crippen molar-refractivity contribution in [3.8, 4) is 0 Å². The van der Waals surface area contributed by atoms with E-state index < -0.39 is 11.9 Å². The summed E-state index contributed by atoms with van der Waals surface area (Å²) in [6.07, 6.45) is 0. The number of aryl methyl sites for hydroxylation is 2. The summed E-state index contributed by atoms with van der Waals surface area (Å²) >= 11 is 0. The molecule has 2 heterocycles. The van der Waals surface area contributed by atoms with Crippen LogP contribution in [-0.2, 0) is 4.79 Å². The van der Waals surface area contributed by atoms with Gasteiger partial charge in [0.25, 0.3) is 5.91 Å². The summed E-state index contributed by atoms with van der Waals surface area (Å²) in [5, 5.41) is 10.5. The lowest BCUT2D eigenvalue weighted by Gasteiger charge is -2.16. The van der Waals surface area contributed by atoms with Crippen LogP contribution in [-0.4, -0.2) is 28.5 Å². The zero-order chi connectivity index (χ0) is 17.7. The molecule has 0 saturated heterocycles. The molecular weight excluding hydrogens is 316 g/mol. The molecule has 4 rings (SSSR count). The number of aliphatic carboxylic acids is 1. The monoisotopic (exact) mass is 334 g/mol. The van der Waals surface area contributed by atoms with Crippen LogP contribution in [0.4, 0.5) is 5.69 Å². The van der Waals surface area contributed by atoms with Gasteiger partial charge in [-0.25, -0.2) is 0 Å². The largest absolute Gasteiger partial charge is 0.481 e. The second kappa shape index (κ2) is 5.48. The van der Waals surface area contributed by atoms with E-state index in [4.69, 9.17) is 0 Å².